The van der Waals surface area contributed by atoms with Crippen LogP contribution in [0.15, 0.2) is 24.3 Å². The van der Waals surface area contributed by atoms with Gasteiger partial charge in [0.05, 0.1) is 11.0 Å². The minimum absolute atomic E-state index is 0.105. The van der Waals surface area contributed by atoms with Gasteiger partial charge >= 0.3 is 0 Å². The van der Waals surface area contributed by atoms with Crippen LogP contribution in [0, 0.1) is 5.92 Å². The average Bonchev–Trinajstić information content (AvgIpc) is 3.13. The first-order chi connectivity index (χ1) is 11.6. The lowest BCUT2D eigenvalue weighted by Crippen LogP contribution is -2.31. The molecule has 0 bridgehead atoms. The highest BCUT2D eigenvalue weighted by Gasteiger charge is 2.31. The van der Waals surface area contributed by atoms with Crippen LogP contribution in [0.4, 0.5) is 0 Å². The third kappa shape index (κ3) is 4.00. The Balaban J connectivity index is 1.52. The maximum Gasteiger partial charge on any atom is 0.223 e. The highest BCUT2D eigenvalue weighted by molar-refractivity contribution is 7.91. The molecule has 0 radical (unpaired) electrons. The number of rotatable bonds is 6. The van der Waals surface area contributed by atoms with Crippen molar-refractivity contribution >= 4 is 15.7 Å². The summed E-state index contributed by atoms with van der Waals surface area (Å²) >= 11 is 0. The molecule has 2 aliphatic carbocycles. The molecule has 2 aliphatic rings. The van der Waals surface area contributed by atoms with Gasteiger partial charge in [-0.2, -0.15) is 0 Å². The van der Waals surface area contributed by atoms with E-state index in [9.17, 15) is 13.2 Å². The monoisotopic (exact) mass is 349 g/mol. The number of hydrogen-bond acceptors (Lipinski definition) is 3. The summed E-state index contributed by atoms with van der Waals surface area (Å²) < 4.78 is 25.5. The van der Waals surface area contributed by atoms with Gasteiger partial charge in [0.2, 0.25) is 5.91 Å². The molecule has 4 nitrogen and oxygen atoms in total. The van der Waals surface area contributed by atoms with E-state index in [0.29, 0.717) is 19.4 Å². The highest BCUT2D eigenvalue weighted by atomic mass is 32.2. The van der Waals surface area contributed by atoms with Crippen LogP contribution < -0.4 is 5.32 Å². The smallest absolute Gasteiger partial charge is 0.223 e. The van der Waals surface area contributed by atoms with Crippen molar-refractivity contribution in [1.29, 1.82) is 0 Å². The van der Waals surface area contributed by atoms with Crippen molar-refractivity contribution in [3.63, 3.8) is 0 Å². The van der Waals surface area contributed by atoms with Crippen LogP contribution in [0.2, 0.25) is 0 Å². The molecule has 1 atom stereocenters. The molecule has 0 saturated heterocycles. The zero-order valence-electron chi connectivity index (χ0n) is 14.2. The largest absolute Gasteiger partial charge is 0.356 e. The summed E-state index contributed by atoms with van der Waals surface area (Å²) in [6.07, 6.45) is 7.33. The number of benzene rings is 1. The molecule has 24 heavy (non-hydrogen) atoms. The standard InChI is InChI=1S/C19H27NO3S/c21-19(16-8-1-2-9-16)20-13-6-14-24(22,23)18-12-5-10-15-7-3-4-11-17(15)18/h3-4,7,11,16,18H,1-2,5-6,8-10,12-14H2,(H,20,21)/t18-/m1/s1. The molecule has 0 spiro atoms. The Bertz CT molecular complexity index is 678. The lowest BCUT2D eigenvalue weighted by Gasteiger charge is -2.25. The Morgan fingerprint density at radius 2 is 1.83 bits per heavy atom. The molecule has 1 amide bonds. The first-order valence-corrected chi connectivity index (χ1v) is 10.9. The SMILES string of the molecule is O=C(NCCCS(=O)(=O)[C@@H]1CCCc2ccccc21)C1CCCC1. The molecule has 0 heterocycles. The molecular weight excluding hydrogens is 322 g/mol. The van der Waals surface area contributed by atoms with E-state index in [2.05, 4.69) is 5.32 Å². The lowest BCUT2D eigenvalue weighted by molar-refractivity contribution is -0.124. The van der Waals surface area contributed by atoms with E-state index in [4.69, 9.17) is 0 Å². The normalized spacial score (nSPS) is 21.4. The summed E-state index contributed by atoms with van der Waals surface area (Å²) in [4.78, 5) is 12.0. The van der Waals surface area contributed by atoms with Crippen LogP contribution in [0.5, 0.6) is 0 Å². The van der Waals surface area contributed by atoms with Gasteiger partial charge in [-0.15, -0.1) is 0 Å². The van der Waals surface area contributed by atoms with E-state index in [1.807, 2.05) is 24.3 Å². The maximum atomic E-state index is 12.7. The Kier molecular flexibility index (Phi) is 5.59. The van der Waals surface area contributed by atoms with E-state index in [1.54, 1.807) is 0 Å². The van der Waals surface area contributed by atoms with Gasteiger partial charge in [0.25, 0.3) is 0 Å². The molecule has 1 saturated carbocycles. The second-order valence-electron chi connectivity index (χ2n) is 7.07. The zero-order valence-corrected chi connectivity index (χ0v) is 15.0. The lowest BCUT2D eigenvalue weighted by atomic mass is 9.91. The molecular formula is C19H27NO3S. The van der Waals surface area contributed by atoms with Crippen molar-refractivity contribution in [2.45, 2.75) is 56.6 Å². The fraction of sp³-hybridized carbons (Fsp3) is 0.632. The number of carbonyl (C=O) groups excluding carboxylic acids is 1. The van der Waals surface area contributed by atoms with Gasteiger partial charge in [0.1, 0.15) is 0 Å². The van der Waals surface area contributed by atoms with E-state index in [0.717, 1.165) is 44.1 Å². The second-order valence-corrected chi connectivity index (χ2v) is 9.38. The first kappa shape index (κ1) is 17.5. The van der Waals surface area contributed by atoms with Gasteiger partial charge in [0.15, 0.2) is 9.84 Å². The fourth-order valence-corrected chi connectivity index (χ4v) is 6.02. The first-order valence-electron chi connectivity index (χ1n) is 9.15. The predicted octanol–water partition coefficient (Wildman–Crippen LogP) is 3.18. The van der Waals surface area contributed by atoms with Crippen molar-refractivity contribution in [2.75, 3.05) is 12.3 Å². The molecule has 1 N–H and O–H groups in total. The van der Waals surface area contributed by atoms with Crippen LogP contribution >= 0.6 is 0 Å². The van der Waals surface area contributed by atoms with Gasteiger partial charge in [-0.3, -0.25) is 4.79 Å². The number of sulfone groups is 1. The van der Waals surface area contributed by atoms with E-state index in [1.165, 1.54) is 5.56 Å². The van der Waals surface area contributed by atoms with E-state index < -0.39 is 9.84 Å². The average molecular weight is 349 g/mol. The summed E-state index contributed by atoms with van der Waals surface area (Å²) in [7, 11) is -3.17. The number of carbonyl (C=O) groups is 1. The number of fused-ring (bicyclic) bond motifs is 1. The molecule has 1 aromatic rings. The van der Waals surface area contributed by atoms with Gasteiger partial charge < -0.3 is 5.32 Å². The number of hydrogen-bond donors (Lipinski definition) is 1. The Hall–Kier alpha value is -1.36. The van der Waals surface area contributed by atoms with Crippen LogP contribution in [0.3, 0.4) is 0 Å². The summed E-state index contributed by atoms with van der Waals surface area (Å²) in [5.74, 6) is 0.400. The van der Waals surface area contributed by atoms with E-state index >= 15 is 0 Å². The van der Waals surface area contributed by atoms with Crippen molar-refractivity contribution in [2.24, 2.45) is 5.92 Å². The Morgan fingerprint density at radius 1 is 1.08 bits per heavy atom. The zero-order chi connectivity index (χ0) is 17.0. The van der Waals surface area contributed by atoms with Crippen LogP contribution in [0.25, 0.3) is 0 Å². The summed E-state index contributed by atoms with van der Waals surface area (Å²) in [6.45, 7) is 0.461. The van der Waals surface area contributed by atoms with Crippen molar-refractivity contribution in [1.82, 2.24) is 5.32 Å². The van der Waals surface area contributed by atoms with Gasteiger partial charge in [0, 0.05) is 12.5 Å². The molecule has 3 rings (SSSR count). The Labute approximate surface area is 145 Å². The van der Waals surface area contributed by atoms with Crippen molar-refractivity contribution in [3.05, 3.63) is 35.4 Å². The van der Waals surface area contributed by atoms with Gasteiger partial charge in [-0.1, -0.05) is 37.1 Å². The summed E-state index contributed by atoms with van der Waals surface area (Å²) in [5, 5.41) is 2.55. The van der Waals surface area contributed by atoms with Crippen molar-refractivity contribution in [3.8, 4) is 0 Å². The molecule has 0 aromatic heterocycles. The van der Waals surface area contributed by atoms with Crippen LogP contribution in [-0.4, -0.2) is 26.6 Å². The predicted molar refractivity (Wildman–Crippen MR) is 95.5 cm³/mol. The Morgan fingerprint density at radius 3 is 2.62 bits per heavy atom. The molecule has 0 unspecified atom stereocenters. The van der Waals surface area contributed by atoms with E-state index in [-0.39, 0.29) is 22.8 Å². The molecule has 1 fully saturated rings. The number of nitrogens with one attached hydrogen (secondary N) is 1. The van der Waals surface area contributed by atoms with Gasteiger partial charge in [-0.05, 0) is 49.7 Å². The molecule has 0 aliphatic heterocycles. The third-order valence-corrected chi connectivity index (χ3v) is 7.59. The topological polar surface area (TPSA) is 63.2 Å². The van der Waals surface area contributed by atoms with Crippen LogP contribution in [-0.2, 0) is 21.1 Å². The second kappa shape index (κ2) is 7.68. The van der Waals surface area contributed by atoms with Crippen LogP contribution in [0.1, 0.15) is 61.3 Å². The quantitative estimate of drug-likeness (QED) is 0.802. The molecule has 132 valence electrons. The third-order valence-electron chi connectivity index (χ3n) is 5.38. The molecule has 1 aromatic carbocycles. The number of aryl methyl sites for hydroxylation is 1. The maximum absolute atomic E-state index is 12.7. The minimum atomic E-state index is -3.17. The van der Waals surface area contributed by atoms with Gasteiger partial charge in [-0.25, -0.2) is 8.42 Å². The summed E-state index contributed by atoms with van der Waals surface area (Å²) in [5.41, 5.74) is 2.16. The minimum Gasteiger partial charge on any atom is -0.356 e. The summed E-state index contributed by atoms with van der Waals surface area (Å²) in [6, 6.07) is 7.90. The number of amides is 1. The highest BCUT2D eigenvalue weighted by Crippen LogP contribution is 2.36. The molecule has 5 heteroatoms. The van der Waals surface area contributed by atoms with Crippen molar-refractivity contribution < 1.29 is 13.2 Å². The fourth-order valence-electron chi connectivity index (χ4n) is 4.04.